The van der Waals surface area contributed by atoms with Crippen molar-refractivity contribution in [2.45, 2.75) is 58.0 Å². The summed E-state index contributed by atoms with van der Waals surface area (Å²) in [5.74, 6) is 0.904. The number of hydrogen-bond acceptors (Lipinski definition) is 3. The molecular formula is C15H31N3. The Morgan fingerprint density at radius 1 is 1.11 bits per heavy atom. The highest BCUT2D eigenvalue weighted by Crippen LogP contribution is 2.36. The molecule has 1 aliphatic carbocycles. The van der Waals surface area contributed by atoms with Gasteiger partial charge in [0.05, 0.1) is 0 Å². The van der Waals surface area contributed by atoms with E-state index in [9.17, 15) is 0 Å². The normalized spacial score (nSPS) is 36.2. The maximum absolute atomic E-state index is 6.15. The molecule has 2 aliphatic rings. The third-order valence-corrected chi connectivity index (χ3v) is 5.30. The fourth-order valence-corrected chi connectivity index (χ4v) is 3.66. The molecule has 0 unspecified atom stereocenters. The monoisotopic (exact) mass is 253 g/mol. The van der Waals surface area contributed by atoms with E-state index >= 15 is 0 Å². The van der Waals surface area contributed by atoms with Crippen molar-refractivity contribution in [2.24, 2.45) is 11.7 Å². The zero-order valence-electron chi connectivity index (χ0n) is 12.5. The first kappa shape index (κ1) is 14.3. The molecule has 18 heavy (non-hydrogen) atoms. The molecule has 2 rings (SSSR count). The van der Waals surface area contributed by atoms with E-state index < -0.39 is 0 Å². The van der Waals surface area contributed by atoms with Crippen molar-refractivity contribution in [1.29, 1.82) is 0 Å². The van der Waals surface area contributed by atoms with Crippen LogP contribution in [0.3, 0.4) is 0 Å². The lowest BCUT2D eigenvalue weighted by atomic mass is 9.75. The lowest BCUT2D eigenvalue weighted by molar-refractivity contribution is -0.00178. The van der Waals surface area contributed by atoms with Crippen LogP contribution in [0.2, 0.25) is 0 Å². The van der Waals surface area contributed by atoms with Gasteiger partial charge in [-0.25, -0.2) is 0 Å². The van der Waals surface area contributed by atoms with E-state index in [0.717, 1.165) is 12.5 Å². The molecule has 0 radical (unpaired) electrons. The van der Waals surface area contributed by atoms with Gasteiger partial charge in [-0.05, 0) is 45.4 Å². The van der Waals surface area contributed by atoms with Crippen LogP contribution in [0.5, 0.6) is 0 Å². The van der Waals surface area contributed by atoms with Gasteiger partial charge in [0.2, 0.25) is 0 Å². The van der Waals surface area contributed by atoms with Crippen molar-refractivity contribution in [3.8, 4) is 0 Å². The molecule has 0 atom stereocenters. The van der Waals surface area contributed by atoms with Crippen LogP contribution in [0.25, 0.3) is 0 Å². The van der Waals surface area contributed by atoms with E-state index in [1.165, 1.54) is 51.9 Å². The third kappa shape index (κ3) is 2.89. The first-order valence-electron chi connectivity index (χ1n) is 7.76. The number of piperazine rings is 1. The zero-order chi connectivity index (χ0) is 13.2. The standard InChI is InChI=1S/C15H31N3/c1-13(2)17-8-10-18(11-9-17)15(12-16)6-4-14(3)5-7-15/h13-14H,4-12,16H2,1-3H3. The first-order chi connectivity index (χ1) is 8.57. The van der Waals surface area contributed by atoms with Crippen LogP contribution < -0.4 is 5.73 Å². The lowest BCUT2D eigenvalue weighted by Gasteiger charge is -2.50. The Hall–Kier alpha value is -0.120. The SMILES string of the molecule is CC1CCC(CN)(N2CCN(C(C)C)CC2)CC1. The Bertz CT molecular complexity index is 248. The van der Waals surface area contributed by atoms with Crippen molar-refractivity contribution >= 4 is 0 Å². The predicted octanol–water partition coefficient (Wildman–Crippen LogP) is 1.92. The van der Waals surface area contributed by atoms with Gasteiger partial charge in [0.25, 0.3) is 0 Å². The van der Waals surface area contributed by atoms with Gasteiger partial charge in [0.1, 0.15) is 0 Å². The minimum Gasteiger partial charge on any atom is -0.329 e. The minimum absolute atomic E-state index is 0.329. The highest BCUT2D eigenvalue weighted by atomic mass is 15.3. The summed E-state index contributed by atoms with van der Waals surface area (Å²) in [6, 6.07) is 0.687. The molecular weight excluding hydrogens is 222 g/mol. The summed E-state index contributed by atoms with van der Waals surface area (Å²) >= 11 is 0. The third-order valence-electron chi connectivity index (χ3n) is 5.30. The molecule has 3 nitrogen and oxygen atoms in total. The second-order valence-electron chi connectivity index (χ2n) is 6.73. The fourth-order valence-electron chi connectivity index (χ4n) is 3.66. The van der Waals surface area contributed by atoms with Gasteiger partial charge in [-0.1, -0.05) is 6.92 Å². The summed E-state index contributed by atoms with van der Waals surface area (Å²) in [5.41, 5.74) is 6.48. The molecule has 0 aromatic carbocycles. The second-order valence-corrected chi connectivity index (χ2v) is 6.73. The van der Waals surface area contributed by atoms with Crippen LogP contribution >= 0.6 is 0 Å². The van der Waals surface area contributed by atoms with Crippen molar-refractivity contribution < 1.29 is 0 Å². The Morgan fingerprint density at radius 3 is 2.11 bits per heavy atom. The molecule has 0 bridgehead atoms. The summed E-state index contributed by atoms with van der Waals surface area (Å²) in [6.07, 6.45) is 5.35. The topological polar surface area (TPSA) is 32.5 Å². The average Bonchev–Trinajstić information content (AvgIpc) is 2.40. The van der Waals surface area contributed by atoms with Crippen LogP contribution in [0.1, 0.15) is 46.5 Å². The molecule has 3 heteroatoms. The van der Waals surface area contributed by atoms with E-state index in [0.29, 0.717) is 11.6 Å². The fraction of sp³-hybridized carbons (Fsp3) is 1.00. The van der Waals surface area contributed by atoms with E-state index in [-0.39, 0.29) is 0 Å². The lowest BCUT2D eigenvalue weighted by Crippen LogP contribution is -2.61. The summed E-state index contributed by atoms with van der Waals surface area (Å²) in [7, 11) is 0. The van der Waals surface area contributed by atoms with Crippen molar-refractivity contribution in [2.75, 3.05) is 32.7 Å². The summed E-state index contributed by atoms with van der Waals surface area (Å²) in [5, 5.41) is 0. The van der Waals surface area contributed by atoms with Crippen molar-refractivity contribution in [1.82, 2.24) is 9.80 Å². The molecule has 106 valence electrons. The highest BCUT2D eigenvalue weighted by Gasteiger charge is 2.39. The van der Waals surface area contributed by atoms with E-state index in [2.05, 4.69) is 30.6 Å². The molecule has 0 aromatic rings. The average molecular weight is 253 g/mol. The quantitative estimate of drug-likeness (QED) is 0.834. The Kier molecular flexibility index (Phi) is 4.68. The molecule has 0 amide bonds. The van der Waals surface area contributed by atoms with Crippen molar-refractivity contribution in [3.63, 3.8) is 0 Å². The molecule has 2 N–H and O–H groups in total. The van der Waals surface area contributed by atoms with Gasteiger partial charge in [-0.3, -0.25) is 9.80 Å². The number of nitrogens with two attached hydrogens (primary N) is 1. The summed E-state index contributed by atoms with van der Waals surface area (Å²) in [6.45, 7) is 12.7. The smallest absolute Gasteiger partial charge is 0.0333 e. The second kappa shape index (κ2) is 5.89. The number of rotatable bonds is 3. The molecule has 0 spiro atoms. The Morgan fingerprint density at radius 2 is 1.67 bits per heavy atom. The Balaban J connectivity index is 1.94. The van der Waals surface area contributed by atoms with Crippen LogP contribution in [0.15, 0.2) is 0 Å². The highest BCUT2D eigenvalue weighted by molar-refractivity contribution is 4.97. The molecule has 2 fully saturated rings. The maximum atomic E-state index is 6.15. The van der Waals surface area contributed by atoms with E-state index in [4.69, 9.17) is 5.73 Å². The van der Waals surface area contributed by atoms with E-state index in [1.807, 2.05) is 0 Å². The first-order valence-corrected chi connectivity index (χ1v) is 7.76. The van der Waals surface area contributed by atoms with Gasteiger partial charge in [-0.15, -0.1) is 0 Å². The maximum Gasteiger partial charge on any atom is 0.0333 e. The molecule has 1 saturated heterocycles. The molecule has 1 saturated carbocycles. The zero-order valence-corrected chi connectivity index (χ0v) is 12.5. The number of nitrogens with zero attached hydrogens (tertiary/aromatic N) is 2. The van der Waals surface area contributed by atoms with Crippen LogP contribution in [-0.4, -0.2) is 54.1 Å². The van der Waals surface area contributed by atoms with Gasteiger partial charge in [-0.2, -0.15) is 0 Å². The van der Waals surface area contributed by atoms with Crippen LogP contribution in [0.4, 0.5) is 0 Å². The number of hydrogen-bond donors (Lipinski definition) is 1. The van der Waals surface area contributed by atoms with Crippen LogP contribution in [-0.2, 0) is 0 Å². The van der Waals surface area contributed by atoms with Gasteiger partial charge >= 0.3 is 0 Å². The minimum atomic E-state index is 0.329. The van der Waals surface area contributed by atoms with Crippen molar-refractivity contribution in [3.05, 3.63) is 0 Å². The van der Waals surface area contributed by atoms with Crippen LogP contribution in [0, 0.1) is 5.92 Å². The summed E-state index contributed by atoms with van der Waals surface area (Å²) < 4.78 is 0. The van der Waals surface area contributed by atoms with Gasteiger partial charge < -0.3 is 5.73 Å². The molecule has 0 aromatic heterocycles. The largest absolute Gasteiger partial charge is 0.329 e. The predicted molar refractivity (Wildman–Crippen MR) is 77.7 cm³/mol. The Labute approximate surface area is 113 Å². The summed E-state index contributed by atoms with van der Waals surface area (Å²) in [4.78, 5) is 5.30. The molecule has 1 heterocycles. The molecule has 1 aliphatic heterocycles. The van der Waals surface area contributed by atoms with Gasteiger partial charge in [0, 0.05) is 44.3 Å². The van der Waals surface area contributed by atoms with Gasteiger partial charge in [0.15, 0.2) is 0 Å². The van der Waals surface area contributed by atoms with E-state index in [1.54, 1.807) is 0 Å².